The summed E-state index contributed by atoms with van der Waals surface area (Å²) in [6.45, 7) is 3.30. The summed E-state index contributed by atoms with van der Waals surface area (Å²) in [6.07, 6.45) is 2.56. The van der Waals surface area contributed by atoms with Crippen molar-refractivity contribution in [3.05, 3.63) is 47.9 Å². The Morgan fingerprint density at radius 3 is 2.56 bits per heavy atom. The SMILES string of the molecule is Cc1cc(S(=O)(=O)Nc2ccc(NCCCN(C)C)cn2)ccc1F. The van der Waals surface area contributed by atoms with E-state index in [-0.39, 0.29) is 16.3 Å². The van der Waals surface area contributed by atoms with Gasteiger partial charge in [0.25, 0.3) is 10.0 Å². The second-order valence-corrected chi connectivity index (χ2v) is 7.71. The van der Waals surface area contributed by atoms with Crippen LogP contribution in [0.2, 0.25) is 0 Å². The van der Waals surface area contributed by atoms with Crippen LogP contribution in [0.3, 0.4) is 0 Å². The molecule has 0 amide bonds. The third-order valence-corrected chi connectivity index (χ3v) is 4.91. The molecule has 0 spiro atoms. The molecule has 6 nitrogen and oxygen atoms in total. The number of benzene rings is 1. The molecular weight excluding hydrogens is 343 g/mol. The van der Waals surface area contributed by atoms with E-state index < -0.39 is 15.8 Å². The number of halogens is 1. The fourth-order valence-electron chi connectivity index (χ4n) is 2.17. The van der Waals surface area contributed by atoms with Crippen molar-refractivity contribution < 1.29 is 12.8 Å². The molecule has 2 aromatic rings. The number of rotatable bonds is 8. The maximum atomic E-state index is 13.3. The third-order valence-electron chi connectivity index (χ3n) is 3.55. The van der Waals surface area contributed by atoms with Crippen molar-refractivity contribution in [2.45, 2.75) is 18.2 Å². The van der Waals surface area contributed by atoms with Crippen molar-refractivity contribution in [3.63, 3.8) is 0 Å². The van der Waals surface area contributed by atoms with Crippen LogP contribution in [0, 0.1) is 12.7 Å². The van der Waals surface area contributed by atoms with Gasteiger partial charge in [-0.15, -0.1) is 0 Å². The molecule has 2 rings (SSSR count). The third kappa shape index (κ3) is 5.68. The molecule has 1 heterocycles. The van der Waals surface area contributed by atoms with E-state index in [2.05, 4.69) is 19.9 Å². The van der Waals surface area contributed by atoms with E-state index in [0.29, 0.717) is 0 Å². The Hall–Kier alpha value is -2.19. The van der Waals surface area contributed by atoms with Gasteiger partial charge in [0.1, 0.15) is 11.6 Å². The zero-order chi connectivity index (χ0) is 18.4. The fraction of sp³-hybridized carbons (Fsp3) is 0.353. The Labute approximate surface area is 148 Å². The maximum Gasteiger partial charge on any atom is 0.263 e. The Morgan fingerprint density at radius 2 is 1.96 bits per heavy atom. The van der Waals surface area contributed by atoms with Crippen LogP contribution in [0.25, 0.3) is 0 Å². The van der Waals surface area contributed by atoms with E-state index >= 15 is 0 Å². The molecule has 0 radical (unpaired) electrons. The molecule has 0 aliphatic rings. The lowest BCUT2D eigenvalue weighted by Crippen LogP contribution is -2.16. The van der Waals surface area contributed by atoms with Gasteiger partial charge in [0.2, 0.25) is 0 Å². The Morgan fingerprint density at radius 1 is 1.20 bits per heavy atom. The molecule has 0 bridgehead atoms. The molecule has 0 unspecified atom stereocenters. The van der Waals surface area contributed by atoms with Crippen LogP contribution in [0.4, 0.5) is 15.9 Å². The van der Waals surface area contributed by atoms with Gasteiger partial charge in [0, 0.05) is 6.54 Å². The quantitative estimate of drug-likeness (QED) is 0.703. The topological polar surface area (TPSA) is 74.3 Å². The Balaban J connectivity index is 1.99. The summed E-state index contributed by atoms with van der Waals surface area (Å²) in [6, 6.07) is 7.00. The van der Waals surface area contributed by atoms with Crippen molar-refractivity contribution in [2.75, 3.05) is 37.2 Å². The number of hydrogen-bond acceptors (Lipinski definition) is 5. The van der Waals surface area contributed by atoms with Gasteiger partial charge in [0.15, 0.2) is 0 Å². The second-order valence-electron chi connectivity index (χ2n) is 6.03. The highest BCUT2D eigenvalue weighted by atomic mass is 32.2. The van der Waals surface area contributed by atoms with Crippen LogP contribution in [0.5, 0.6) is 0 Å². The number of hydrogen-bond donors (Lipinski definition) is 2. The molecule has 25 heavy (non-hydrogen) atoms. The lowest BCUT2D eigenvalue weighted by molar-refractivity contribution is 0.405. The van der Waals surface area contributed by atoms with Crippen molar-refractivity contribution >= 4 is 21.5 Å². The molecule has 0 atom stereocenters. The molecule has 8 heteroatoms. The highest BCUT2D eigenvalue weighted by Crippen LogP contribution is 2.18. The standard InChI is InChI=1S/C17H23FN4O2S/c1-13-11-15(6-7-16(13)18)25(23,24)21-17-8-5-14(12-20-17)19-9-4-10-22(2)3/h5-8,11-12,19H,4,9-10H2,1-3H3,(H,20,21). The summed E-state index contributed by atoms with van der Waals surface area (Å²) in [7, 11) is 0.237. The van der Waals surface area contributed by atoms with Crippen LogP contribution >= 0.6 is 0 Å². The molecular formula is C17H23FN4O2S. The minimum atomic E-state index is -3.80. The lowest BCUT2D eigenvalue weighted by atomic mass is 10.2. The molecule has 1 aromatic heterocycles. The maximum absolute atomic E-state index is 13.3. The van der Waals surface area contributed by atoms with Gasteiger partial charge in [-0.1, -0.05) is 0 Å². The largest absolute Gasteiger partial charge is 0.384 e. The van der Waals surface area contributed by atoms with Gasteiger partial charge in [0.05, 0.1) is 16.8 Å². The Bertz CT molecular complexity index is 808. The van der Waals surface area contributed by atoms with E-state index in [9.17, 15) is 12.8 Å². The smallest absolute Gasteiger partial charge is 0.263 e. The number of aromatic nitrogens is 1. The number of anilines is 2. The van der Waals surface area contributed by atoms with Gasteiger partial charge >= 0.3 is 0 Å². The highest BCUT2D eigenvalue weighted by Gasteiger charge is 2.16. The average molecular weight is 366 g/mol. The zero-order valence-corrected chi connectivity index (χ0v) is 15.4. The first-order valence-electron chi connectivity index (χ1n) is 7.91. The summed E-state index contributed by atoms with van der Waals surface area (Å²) in [4.78, 5) is 6.21. The monoisotopic (exact) mass is 366 g/mol. The van der Waals surface area contributed by atoms with E-state index in [4.69, 9.17) is 0 Å². The van der Waals surface area contributed by atoms with Crippen molar-refractivity contribution in [3.8, 4) is 0 Å². The van der Waals surface area contributed by atoms with Gasteiger partial charge in [-0.25, -0.2) is 17.8 Å². The van der Waals surface area contributed by atoms with Crippen molar-refractivity contribution in [1.82, 2.24) is 9.88 Å². The van der Waals surface area contributed by atoms with E-state index in [1.54, 1.807) is 18.3 Å². The first kappa shape index (κ1) is 19.1. The number of aryl methyl sites for hydroxylation is 1. The van der Waals surface area contributed by atoms with Crippen molar-refractivity contribution in [1.29, 1.82) is 0 Å². The normalized spacial score (nSPS) is 11.6. The molecule has 136 valence electrons. The van der Waals surface area contributed by atoms with Gasteiger partial charge in [-0.2, -0.15) is 0 Å². The fourth-order valence-corrected chi connectivity index (χ4v) is 3.26. The molecule has 0 saturated heterocycles. The average Bonchev–Trinajstić information content (AvgIpc) is 2.55. The van der Waals surface area contributed by atoms with Crippen LogP contribution in [0.1, 0.15) is 12.0 Å². The molecule has 0 fully saturated rings. The highest BCUT2D eigenvalue weighted by molar-refractivity contribution is 7.92. The van der Waals surface area contributed by atoms with Gasteiger partial charge in [-0.05, 0) is 69.9 Å². The summed E-state index contributed by atoms with van der Waals surface area (Å²) >= 11 is 0. The number of sulfonamides is 1. The minimum absolute atomic E-state index is 0.000845. The first-order chi connectivity index (χ1) is 11.8. The second kappa shape index (κ2) is 8.26. The minimum Gasteiger partial charge on any atom is -0.384 e. The van der Waals surface area contributed by atoms with Crippen LogP contribution < -0.4 is 10.0 Å². The summed E-state index contributed by atoms with van der Waals surface area (Å²) in [5.41, 5.74) is 1.09. The molecule has 2 N–H and O–H groups in total. The number of nitrogens with one attached hydrogen (secondary N) is 2. The van der Waals surface area contributed by atoms with E-state index in [0.717, 1.165) is 31.3 Å². The van der Waals surface area contributed by atoms with Crippen LogP contribution in [0.15, 0.2) is 41.4 Å². The number of pyridine rings is 1. The van der Waals surface area contributed by atoms with E-state index in [1.807, 2.05) is 14.1 Å². The zero-order valence-electron chi connectivity index (χ0n) is 14.6. The molecule has 0 aliphatic heterocycles. The lowest BCUT2D eigenvalue weighted by Gasteiger charge is -2.11. The van der Waals surface area contributed by atoms with Crippen LogP contribution in [-0.4, -0.2) is 45.5 Å². The molecule has 1 aromatic carbocycles. The van der Waals surface area contributed by atoms with Crippen LogP contribution in [-0.2, 0) is 10.0 Å². The van der Waals surface area contributed by atoms with Crippen molar-refractivity contribution in [2.24, 2.45) is 0 Å². The Kier molecular flexibility index (Phi) is 6.33. The van der Waals surface area contributed by atoms with Gasteiger partial charge in [-0.3, -0.25) is 4.72 Å². The summed E-state index contributed by atoms with van der Waals surface area (Å²) in [5.74, 6) is -0.234. The first-order valence-corrected chi connectivity index (χ1v) is 9.40. The number of nitrogens with zero attached hydrogens (tertiary/aromatic N) is 2. The predicted molar refractivity (Wildman–Crippen MR) is 97.8 cm³/mol. The molecule has 0 aliphatic carbocycles. The van der Waals surface area contributed by atoms with Gasteiger partial charge < -0.3 is 10.2 Å². The predicted octanol–water partition coefficient (Wildman–Crippen LogP) is 2.69. The summed E-state index contributed by atoms with van der Waals surface area (Å²) in [5, 5.41) is 3.23. The summed E-state index contributed by atoms with van der Waals surface area (Å²) < 4.78 is 40.3. The van der Waals surface area contributed by atoms with E-state index in [1.165, 1.54) is 19.1 Å². The molecule has 0 saturated carbocycles.